The van der Waals surface area contributed by atoms with Gasteiger partial charge >= 0.3 is 0 Å². The summed E-state index contributed by atoms with van der Waals surface area (Å²) in [5.74, 6) is 0.300. The maximum absolute atomic E-state index is 6.43. The van der Waals surface area contributed by atoms with Crippen molar-refractivity contribution < 1.29 is 4.42 Å². The monoisotopic (exact) mass is 481 g/mol. The highest BCUT2D eigenvalue weighted by Gasteiger charge is 2.16. The van der Waals surface area contributed by atoms with Crippen LogP contribution in [0, 0.1) is 0 Å². The van der Waals surface area contributed by atoms with E-state index in [1.807, 2.05) is 6.20 Å². The normalized spacial score (nSPS) is 12.8. The minimum Gasteiger partial charge on any atom is -0.455 e. The van der Waals surface area contributed by atoms with Crippen LogP contribution in [0.15, 0.2) is 114 Å². The molecule has 2 heteroatoms. The quantitative estimate of drug-likeness (QED) is 0.250. The summed E-state index contributed by atoms with van der Waals surface area (Å²) in [5.41, 5.74) is 10.2. The van der Waals surface area contributed by atoms with Crippen molar-refractivity contribution >= 4 is 21.9 Å². The van der Waals surface area contributed by atoms with Crippen LogP contribution in [0.25, 0.3) is 44.3 Å². The Hall–Kier alpha value is -4.17. The van der Waals surface area contributed by atoms with Gasteiger partial charge < -0.3 is 4.42 Å². The van der Waals surface area contributed by atoms with Gasteiger partial charge in [-0.2, -0.15) is 0 Å². The molecule has 0 bridgehead atoms. The standard InChI is InChI=1S/C35H31NO/c1-23(24-9-6-5-7-10-24)26-19-20-36-32(22-26)27-15-18-33-31(21-27)30-12-8-11-29(34(30)37-33)25-13-16-28(17-14-25)35(2,3)4/h5-23H,1-4H3. The molecule has 0 aliphatic carbocycles. The molecule has 2 aromatic heterocycles. The Morgan fingerprint density at radius 2 is 1.43 bits per heavy atom. The topological polar surface area (TPSA) is 26.0 Å². The lowest BCUT2D eigenvalue weighted by molar-refractivity contribution is 0.590. The molecule has 0 radical (unpaired) electrons. The summed E-state index contributed by atoms with van der Waals surface area (Å²) >= 11 is 0. The average Bonchev–Trinajstić information content (AvgIpc) is 3.31. The molecule has 0 aliphatic heterocycles. The van der Waals surface area contributed by atoms with E-state index < -0.39 is 0 Å². The van der Waals surface area contributed by atoms with Crippen molar-refractivity contribution in [2.24, 2.45) is 0 Å². The van der Waals surface area contributed by atoms with E-state index in [0.29, 0.717) is 5.92 Å². The number of fused-ring (bicyclic) bond motifs is 3. The molecule has 1 unspecified atom stereocenters. The molecule has 0 amide bonds. The molecule has 0 spiro atoms. The van der Waals surface area contributed by atoms with E-state index in [1.54, 1.807) is 0 Å². The van der Waals surface area contributed by atoms with Crippen molar-refractivity contribution in [2.45, 2.75) is 39.0 Å². The fourth-order valence-electron chi connectivity index (χ4n) is 5.14. The molecular formula is C35H31NO. The first kappa shape index (κ1) is 23.2. The van der Waals surface area contributed by atoms with Gasteiger partial charge in [0.05, 0.1) is 5.69 Å². The van der Waals surface area contributed by atoms with Crippen LogP contribution in [0.1, 0.15) is 50.3 Å². The highest BCUT2D eigenvalue weighted by atomic mass is 16.3. The molecule has 0 saturated heterocycles. The SMILES string of the molecule is CC(c1ccccc1)c1ccnc(-c2ccc3oc4c(-c5ccc(C(C)(C)C)cc5)cccc4c3c2)c1. The van der Waals surface area contributed by atoms with Gasteiger partial charge in [0.2, 0.25) is 0 Å². The van der Waals surface area contributed by atoms with Gasteiger partial charge in [0, 0.05) is 34.0 Å². The molecule has 0 fully saturated rings. The number of rotatable bonds is 4. The van der Waals surface area contributed by atoms with Crippen molar-refractivity contribution in [2.75, 3.05) is 0 Å². The third kappa shape index (κ3) is 4.34. The van der Waals surface area contributed by atoms with Gasteiger partial charge in [-0.3, -0.25) is 4.98 Å². The van der Waals surface area contributed by atoms with Gasteiger partial charge in [-0.05, 0) is 58.0 Å². The van der Waals surface area contributed by atoms with Gasteiger partial charge in [0.1, 0.15) is 11.2 Å². The fraction of sp³-hybridized carbons (Fsp3) is 0.171. The minimum atomic E-state index is 0.129. The Morgan fingerprint density at radius 1 is 0.676 bits per heavy atom. The molecule has 6 aromatic rings. The number of para-hydroxylation sites is 1. The summed E-state index contributed by atoms with van der Waals surface area (Å²) in [5, 5.41) is 2.24. The van der Waals surface area contributed by atoms with Gasteiger partial charge in [0.25, 0.3) is 0 Å². The number of benzene rings is 4. The lowest BCUT2D eigenvalue weighted by Gasteiger charge is -2.19. The summed E-state index contributed by atoms with van der Waals surface area (Å²) in [4.78, 5) is 4.72. The van der Waals surface area contributed by atoms with E-state index in [1.165, 1.54) is 22.3 Å². The lowest BCUT2D eigenvalue weighted by atomic mass is 9.86. The first-order chi connectivity index (χ1) is 17.9. The van der Waals surface area contributed by atoms with Crippen molar-refractivity contribution in [1.82, 2.24) is 4.98 Å². The number of pyridine rings is 1. The Labute approximate surface area is 218 Å². The van der Waals surface area contributed by atoms with E-state index in [4.69, 9.17) is 9.40 Å². The Morgan fingerprint density at radius 3 is 2.19 bits per heavy atom. The van der Waals surface area contributed by atoms with Crippen molar-refractivity contribution in [3.05, 3.63) is 126 Å². The smallest absolute Gasteiger partial charge is 0.143 e. The average molecular weight is 482 g/mol. The van der Waals surface area contributed by atoms with Crippen molar-refractivity contribution in [3.63, 3.8) is 0 Å². The highest BCUT2D eigenvalue weighted by Crippen LogP contribution is 2.38. The zero-order valence-corrected chi connectivity index (χ0v) is 21.8. The van der Waals surface area contributed by atoms with E-state index in [9.17, 15) is 0 Å². The molecule has 4 aromatic carbocycles. The molecular weight excluding hydrogens is 450 g/mol. The van der Waals surface area contributed by atoms with Crippen LogP contribution in [-0.4, -0.2) is 4.98 Å². The minimum absolute atomic E-state index is 0.129. The van der Waals surface area contributed by atoms with E-state index in [0.717, 1.165) is 38.8 Å². The number of hydrogen-bond acceptors (Lipinski definition) is 2. The molecule has 0 N–H and O–H groups in total. The van der Waals surface area contributed by atoms with Crippen LogP contribution in [0.5, 0.6) is 0 Å². The van der Waals surface area contributed by atoms with Crippen molar-refractivity contribution in [1.29, 1.82) is 0 Å². The third-order valence-corrected chi connectivity index (χ3v) is 7.44. The highest BCUT2D eigenvalue weighted by molar-refractivity contribution is 6.10. The lowest BCUT2D eigenvalue weighted by Crippen LogP contribution is -2.10. The number of furan rings is 1. The first-order valence-corrected chi connectivity index (χ1v) is 13.0. The maximum Gasteiger partial charge on any atom is 0.143 e. The van der Waals surface area contributed by atoms with Gasteiger partial charge in [-0.1, -0.05) is 100 Å². The van der Waals surface area contributed by atoms with Gasteiger partial charge in [-0.15, -0.1) is 0 Å². The Bertz CT molecular complexity index is 1700. The predicted octanol–water partition coefficient (Wildman–Crippen LogP) is 9.76. The van der Waals surface area contributed by atoms with Crippen LogP contribution in [0.3, 0.4) is 0 Å². The molecule has 37 heavy (non-hydrogen) atoms. The van der Waals surface area contributed by atoms with E-state index >= 15 is 0 Å². The van der Waals surface area contributed by atoms with Crippen LogP contribution in [0.2, 0.25) is 0 Å². The molecule has 0 aliphatic rings. The number of hydrogen-bond donors (Lipinski definition) is 0. The zero-order chi connectivity index (χ0) is 25.6. The van der Waals surface area contributed by atoms with Gasteiger partial charge in [0.15, 0.2) is 0 Å². The summed E-state index contributed by atoms with van der Waals surface area (Å²) in [6.45, 7) is 8.97. The summed E-state index contributed by atoms with van der Waals surface area (Å²) in [6, 6.07) is 36.6. The molecule has 6 rings (SSSR count). The second-order valence-electron chi connectivity index (χ2n) is 10.9. The summed E-state index contributed by atoms with van der Waals surface area (Å²) in [6.07, 6.45) is 1.92. The summed E-state index contributed by atoms with van der Waals surface area (Å²) < 4.78 is 6.43. The molecule has 2 nitrogen and oxygen atoms in total. The third-order valence-electron chi connectivity index (χ3n) is 7.44. The first-order valence-electron chi connectivity index (χ1n) is 13.0. The van der Waals surface area contributed by atoms with Crippen LogP contribution < -0.4 is 0 Å². The van der Waals surface area contributed by atoms with E-state index in [2.05, 4.69) is 131 Å². The number of aromatic nitrogens is 1. The Kier molecular flexibility index (Phi) is 5.68. The molecule has 1 atom stereocenters. The zero-order valence-electron chi connectivity index (χ0n) is 21.8. The van der Waals surface area contributed by atoms with Crippen LogP contribution in [0.4, 0.5) is 0 Å². The Balaban J connectivity index is 1.41. The fourth-order valence-corrected chi connectivity index (χ4v) is 5.14. The van der Waals surface area contributed by atoms with Crippen LogP contribution in [-0.2, 0) is 5.41 Å². The second kappa shape index (κ2) is 9.05. The van der Waals surface area contributed by atoms with Crippen LogP contribution >= 0.6 is 0 Å². The summed E-state index contributed by atoms with van der Waals surface area (Å²) in [7, 11) is 0. The molecule has 2 heterocycles. The van der Waals surface area contributed by atoms with Gasteiger partial charge in [-0.25, -0.2) is 0 Å². The second-order valence-corrected chi connectivity index (χ2v) is 10.9. The largest absolute Gasteiger partial charge is 0.455 e. The number of nitrogens with zero attached hydrogens (tertiary/aromatic N) is 1. The molecule has 182 valence electrons. The predicted molar refractivity (Wildman–Crippen MR) is 155 cm³/mol. The maximum atomic E-state index is 6.43. The van der Waals surface area contributed by atoms with E-state index in [-0.39, 0.29) is 5.41 Å². The molecule has 0 saturated carbocycles. The van der Waals surface area contributed by atoms with Crippen molar-refractivity contribution in [3.8, 4) is 22.4 Å².